The number of hydrazone groups is 1. The van der Waals surface area contributed by atoms with Crippen LogP contribution >= 0.6 is 0 Å². The van der Waals surface area contributed by atoms with Crippen LogP contribution in [0, 0.1) is 0 Å². The van der Waals surface area contributed by atoms with Crippen molar-refractivity contribution in [2.45, 2.75) is 12.5 Å². The third kappa shape index (κ3) is 5.44. The van der Waals surface area contributed by atoms with Crippen molar-refractivity contribution in [1.29, 1.82) is 0 Å². The van der Waals surface area contributed by atoms with Gasteiger partial charge in [0.15, 0.2) is 9.84 Å². The van der Waals surface area contributed by atoms with Crippen molar-refractivity contribution in [1.82, 2.24) is 0 Å². The summed E-state index contributed by atoms with van der Waals surface area (Å²) in [5.74, 6) is 0.335. The molecule has 176 valence electrons. The highest BCUT2D eigenvalue weighted by molar-refractivity contribution is 7.91. The average Bonchev–Trinajstić information content (AvgIpc) is 3.26. The molecule has 1 fully saturated rings. The third-order valence-corrected chi connectivity index (χ3v) is 7.84. The van der Waals surface area contributed by atoms with Crippen LogP contribution < -0.4 is 9.91 Å². The molecule has 0 spiro atoms. The Hall–Kier alpha value is -3.90. The van der Waals surface area contributed by atoms with Crippen LogP contribution in [0.3, 0.4) is 0 Å². The molecule has 5 nitrogen and oxygen atoms in total. The number of anilines is 4. The summed E-state index contributed by atoms with van der Waals surface area (Å²) in [6.07, 6.45) is 2.38. The normalized spacial score (nSPS) is 16.9. The first-order chi connectivity index (χ1) is 17.1. The SMILES string of the molecule is O=S1(=O)CCC(N(/N=C/c2ccc(N(c3ccccc3)c3ccccc3)cc2)c2ccccc2)C1. The highest BCUT2D eigenvalue weighted by atomic mass is 32.2. The van der Waals surface area contributed by atoms with Gasteiger partial charge in [-0.05, 0) is 60.5 Å². The van der Waals surface area contributed by atoms with E-state index < -0.39 is 9.84 Å². The fourth-order valence-electron chi connectivity index (χ4n) is 4.36. The summed E-state index contributed by atoms with van der Waals surface area (Å²) in [5.41, 5.74) is 5.04. The Labute approximate surface area is 206 Å². The highest BCUT2D eigenvalue weighted by Gasteiger charge is 2.32. The van der Waals surface area contributed by atoms with Gasteiger partial charge in [-0.1, -0.05) is 66.7 Å². The van der Waals surface area contributed by atoms with Crippen LogP contribution in [-0.2, 0) is 9.84 Å². The fraction of sp³-hybridized carbons (Fsp3) is 0.138. The molecule has 4 aromatic carbocycles. The predicted molar refractivity (Wildman–Crippen MR) is 145 cm³/mol. The van der Waals surface area contributed by atoms with E-state index in [1.807, 2.05) is 83.9 Å². The lowest BCUT2D eigenvalue weighted by Crippen LogP contribution is -2.31. The molecule has 1 unspecified atom stereocenters. The third-order valence-electron chi connectivity index (χ3n) is 6.09. The molecule has 4 aromatic rings. The minimum absolute atomic E-state index is 0.126. The smallest absolute Gasteiger partial charge is 0.152 e. The van der Waals surface area contributed by atoms with Gasteiger partial charge >= 0.3 is 0 Å². The number of hydrogen-bond donors (Lipinski definition) is 0. The van der Waals surface area contributed by atoms with E-state index in [-0.39, 0.29) is 17.5 Å². The number of sulfone groups is 1. The molecule has 1 atom stereocenters. The van der Waals surface area contributed by atoms with E-state index in [1.54, 1.807) is 6.21 Å². The van der Waals surface area contributed by atoms with Gasteiger partial charge in [0.05, 0.1) is 29.4 Å². The first kappa shape index (κ1) is 22.9. The molecule has 35 heavy (non-hydrogen) atoms. The maximum atomic E-state index is 12.1. The van der Waals surface area contributed by atoms with E-state index in [9.17, 15) is 8.42 Å². The second-order valence-corrected chi connectivity index (χ2v) is 10.8. The molecule has 0 saturated carbocycles. The molecule has 1 saturated heterocycles. The molecule has 0 amide bonds. The first-order valence-corrected chi connectivity index (χ1v) is 13.5. The van der Waals surface area contributed by atoms with Crippen molar-refractivity contribution in [3.8, 4) is 0 Å². The monoisotopic (exact) mass is 481 g/mol. The maximum absolute atomic E-state index is 12.1. The second-order valence-electron chi connectivity index (χ2n) is 8.58. The summed E-state index contributed by atoms with van der Waals surface area (Å²) >= 11 is 0. The lowest BCUT2D eigenvalue weighted by Gasteiger charge is -2.26. The van der Waals surface area contributed by atoms with Crippen LogP contribution in [0.5, 0.6) is 0 Å². The minimum atomic E-state index is -3.02. The molecule has 0 aliphatic carbocycles. The Morgan fingerprint density at radius 3 is 1.63 bits per heavy atom. The van der Waals surface area contributed by atoms with E-state index >= 15 is 0 Å². The Kier molecular flexibility index (Phi) is 6.64. The second kappa shape index (κ2) is 10.2. The van der Waals surface area contributed by atoms with Gasteiger partial charge in [-0.15, -0.1) is 0 Å². The molecule has 0 bridgehead atoms. The first-order valence-electron chi connectivity index (χ1n) is 11.7. The zero-order valence-corrected chi connectivity index (χ0v) is 20.1. The van der Waals surface area contributed by atoms with E-state index in [0.29, 0.717) is 6.42 Å². The zero-order chi connectivity index (χ0) is 24.1. The number of nitrogens with zero attached hydrogens (tertiary/aromatic N) is 3. The molecular formula is C29H27N3O2S. The van der Waals surface area contributed by atoms with Crippen LogP contribution in [0.4, 0.5) is 22.7 Å². The van der Waals surface area contributed by atoms with Crippen molar-refractivity contribution in [2.75, 3.05) is 21.4 Å². The van der Waals surface area contributed by atoms with Crippen LogP contribution in [0.25, 0.3) is 0 Å². The number of rotatable bonds is 7. The summed E-state index contributed by atoms with van der Waals surface area (Å²) in [6.45, 7) is 0. The summed E-state index contributed by atoms with van der Waals surface area (Å²) in [5, 5.41) is 6.58. The van der Waals surface area contributed by atoms with Gasteiger partial charge in [0, 0.05) is 17.1 Å². The molecule has 0 radical (unpaired) electrons. The van der Waals surface area contributed by atoms with Gasteiger partial charge in [0.1, 0.15) is 0 Å². The molecule has 0 aromatic heterocycles. The summed E-state index contributed by atoms with van der Waals surface area (Å²) in [7, 11) is -3.02. The number of hydrogen-bond acceptors (Lipinski definition) is 5. The van der Waals surface area contributed by atoms with Crippen LogP contribution in [0.2, 0.25) is 0 Å². The maximum Gasteiger partial charge on any atom is 0.152 e. The molecule has 0 N–H and O–H groups in total. The van der Waals surface area contributed by atoms with E-state index in [4.69, 9.17) is 5.10 Å². The van der Waals surface area contributed by atoms with Crippen LogP contribution in [0.15, 0.2) is 120 Å². The van der Waals surface area contributed by atoms with Gasteiger partial charge in [0.2, 0.25) is 0 Å². The van der Waals surface area contributed by atoms with E-state index in [1.165, 1.54) is 0 Å². The number of benzene rings is 4. The van der Waals surface area contributed by atoms with E-state index in [0.717, 1.165) is 28.3 Å². The highest BCUT2D eigenvalue weighted by Crippen LogP contribution is 2.34. The van der Waals surface area contributed by atoms with E-state index in [2.05, 4.69) is 41.3 Å². The molecule has 1 heterocycles. The largest absolute Gasteiger partial charge is 0.311 e. The lowest BCUT2D eigenvalue weighted by atomic mass is 10.1. The molecule has 1 aliphatic rings. The average molecular weight is 482 g/mol. The summed E-state index contributed by atoms with van der Waals surface area (Å²) in [6, 6.07) is 38.4. The standard InChI is InChI=1S/C29H27N3O2S/c33-35(34)21-20-29(23-35)32(28-14-8-3-9-15-28)30-22-24-16-18-27(19-17-24)31(25-10-4-1-5-11-25)26-12-6-2-7-13-26/h1-19,22,29H,20-21,23H2/b30-22+. The van der Waals surface area contributed by atoms with Crippen molar-refractivity contribution in [2.24, 2.45) is 5.10 Å². The lowest BCUT2D eigenvalue weighted by molar-refractivity contribution is 0.600. The van der Waals surface area contributed by atoms with Gasteiger partial charge in [-0.2, -0.15) is 5.10 Å². The topological polar surface area (TPSA) is 53.0 Å². The van der Waals surface area contributed by atoms with Crippen LogP contribution in [-0.4, -0.2) is 32.2 Å². The molecule has 6 heteroatoms. The van der Waals surface area contributed by atoms with Crippen molar-refractivity contribution >= 4 is 38.8 Å². The predicted octanol–water partition coefficient (Wildman–Crippen LogP) is 6.18. The Morgan fingerprint density at radius 1 is 0.657 bits per heavy atom. The quantitative estimate of drug-likeness (QED) is 0.233. The zero-order valence-electron chi connectivity index (χ0n) is 19.3. The van der Waals surface area contributed by atoms with Crippen molar-refractivity contribution in [3.63, 3.8) is 0 Å². The Morgan fingerprint density at radius 2 is 1.14 bits per heavy atom. The van der Waals surface area contributed by atoms with Gasteiger partial charge in [0.25, 0.3) is 0 Å². The Bertz CT molecular complexity index is 1340. The van der Waals surface area contributed by atoms with Gasteiger partial charge < -0.3 is 4.90 Å². The fourth-order valence-corrected chi connectivity index (χ4v) is 6.05. The van der Waals surface area contributed by atoms with Crippen LogP contribution in [0.1, 0.15) is 12.0 Å². The summed E-state index contributed by atoms with van der Waals surface area (Å²) in [4.78, 5) is 2.21. The van der Waals surface area contributed by atoms with Gasteiger partial charge in [-0.3, -0.25) is 5.01 Å². The molecule has 5 rings (SSSR count). The van der Waals surface area contributed by atoms with Crippen molar-refractivity contribution in [3.05, 3.63) is 121 Å². The molecule has 1 aliphatic heterocycles. The Balaban J connectivity index is 1.42. The number of para-hydroxylation sites is 3. The van der Waals surface area contributed by atoms with Gasteiger partial charge in [-0.25, -0.2) is 8.42 Å². The molecular weight excluding hydrogens is 454 g/mol. The minimum Gasteiger partial charge on any atom is -0.311 e. The van der Waals surface area contributed by atoms with Crippen molar-refractivity contribution < 1.29 is 8.42 Å². The summed E-state index contributed by atoms with van der Waals surface area (Å²) < 4.78 is 24.2.